The summed E-state index contributed by atoms with van der Waals surface area (Å²) in [6.45, 7) is 5.90. The van der Waals surface area contributed by atoms with Crippen LogP contribution in [0.1, 0.15) is 23.1 Å². The molecule has 4 rings (SSSR count). The molecule has 0 spiro atoms. The lowest BCUT2D eigenvalue weighted by molar-refractivity contribution is -0.00748. The molecule has 5 nitrogen and oxygen atoms in total. The summed E-state index contributed by atoms with van der Waals surface area (Å²) in [4.78, 5) is 10.3. The van der Waals surface area contributed by atoms with Gasteiger partial charge in [0.2, 0.25) is 0 Å². The highest BCUT2D eigenvalue weighted by atomic mass is 16.5. The third-order valence-corrected chi connectivity index (χ3v) is 4.38. The van der Waals surface area contributed by atoms with Crippen molar-refractivity contribution >= 4 is 6.08 Å². The predicted molar refractivity (Wildman–Crippen MR) is 88.4 cm³/mol. The molecule has 2 aliphatic rings. The highest BCUT2D eigenvalue weighted by molar-refractivity contribution is 5.62. The van der Waals surface area contributed by atoms with Crippen LogP contribution >= 0.6 is 0 Å². The fourth-order valence-corrected chi connectivity index (χ4v) is 3.20. The Bertz CT molecular complexity index is 723. The molecule has 1 aromatic carbocycles. The molecular weight excluding hydrogens is 290 g/mol. The van der Waals surface area contributed by atoms with Crippen LogP contribution in [0.25, 0.3) is 6.08 Å². The Kier molecular flexibility index (Phi) is 3.89. The number of nitrogens with one attached hydrogen (secondary N) is 1. The summed E-state index contributed by atoms with van der Waals surface area (Å²) >= 11 is 0. The topological polar surface area (TPSA) is 50.4 Å². The van der Waals surface area contributed by atoms with E-state index in [0.717, 1.165) is 42.5 Å². The van der Waals surface area contributed by atoms with Gasteiger partial charge in [-0.3, -0.25) is 4.90 Å². The van der Waals surface area contributed by atoms with E-state index in [4.69, 9.17) is 9.47 Å². The number of para-hydroxylation sites is 1. The van der Waals surface area contributed by atoms with Gasteiger partial charge < -0.3 is 14.5 Å². The number of imidazole rings is 1. The number of fused-ring (bicyclic) bond motifs is 1. The zero-order valence-corrected chi connectivity index (χ0v) is 13.3. The van der Waals surface area contributed by atoms with E-state index in [0.29, 0.717) is 13.2 Å². The second-order valence-electron chi connectivity index (χ2n) is 6.14. The maximum absolute atomic E-state index is 5.87. The molecular formula is C18H21N3O2. The number of aryl methyl sites for hydroxylation is 1. The van der Waals surface area contributed by atoms with Gasteiger partial charge in [0.05, 0.1) is 19.3 Å². The molecule has 0 aliphatic carbocycles. The maximum atomic E-state index is 5.87. The number of aromatic nitrogens is 2. The van der Waals surface area contributed by atoms with Crippen molar-refractivity contribution in [3.8, 4) is 5.75 Å². The Morgan fingerprint density at radius 1 is 1.35 bits per heavy atom. The fraction of sp³-hybridized carbons (Fsp3) is 0.389. The average molecular weight is 311 g/mol. The first-order chi connectivity index (χ1) is 11.3. The van der Waals surface area contributed by atoms with E-state index in [1.54, 1.807) is 0 Å². The number of hydrogen-bond acceptors (Lipinski definition) is 4. The maximum Gasteiger partial charge on any atom is 0.127 e. The van der Waals surface area contributed by atoms with Gasteiger partial charge in [0.15, 0.2) is 0 Å². The molecule has 1 N–H and O–H groups in total. The summed E-state index contributed by atoms with van der Waals surface area (Å²) in [6, 6.07) is 8.35. The molecule has 23 heavy (non-hydrogen) atoms. The van der Waals surface area contributed by atoms with Crippen LogP contribution < -0.4 is 4.74 Å². The number of morpholine rings is 1. The minimum absolute atomic E-state index is 0.176. The number of H-pyrrole nitrogens is 1. The Morgan fingerprint density at radius 3 is 3.13 bits per heavy atom. The number of aromatic amines is 1. The number of nitrogens with zero attached hydrogens (tertiary/aromatic N) is 2. The molecule has 1 aromatic heterocycles. The average Bonchev–Trinajstić information content (AvgIpc) is 3.01. The first-order valence-corrected chi connectivity index (χ1v) is 8.04. The van der Waals surface area contributed by atoms with Crippen molar-refractivity contribution < 1.29 is 9.47 Å². The summed E-state index contributed by atoms with van der Waals surface area (Å²) < 4.78 is 11.5. The van der Waals surface area contributed by atoms with Crippen LogP contribution in [0.5, 0.6) is 5.75 Å². The van der Waals surface area contributed by atoms with Crippen LogP contribution in [0, 0.1) is 6.92 Å². The zero-order valence-electron chi connectivity index (χ0n) is 13.3. The second-order valence-corrected chi connectivity index (χ2v) is 6.14. The molecule has 1 saturated heterocycles. The van der Waals surface area contributed by atoms with Gasteiger partial charge in [0.1, 0.15) is 18.2 Å². The number of ether oxygens (including phenoxy) is 2. The van der Waals surface area contributed by atoms with Crippen LogP contribution in [0.15, 0.2) is 36.0 Å². The van der Waals surface area contributed by atoms with Gasteiger partial charge in [-0.25, -0.2) is 4.98 Å². The molecule has 3 heterocycles. The highest BCUT2D eigenvalue weighted by Gasteiger charge is 2.28. The lowest BCUT2D eigenvalue weighted by Gasteiger charge is -2.35. The summed E-state index contributed by atoms with van der Waals surface area (Å²) in [6.07, 6.45) is 4.13. The molecule has 0 amide bonds. The Balaban J connectivity index is 1.54. The summed E-state index contributed by atoms with van der Waals surface area (Å²) in [7, 11) is 0. The monoisotopic (exact) mass is 311 g/mol. The lowest BCUT2D eigenvalue weighted by Crippen LogP contribution is -2.41. The van der Waals surface area contributed by atoms with Gasteiger partial charge in [-0.2, -0.15) is 0 Å². The Morgan fingerprint density at radius 2 is 2.26 bits per heavy atom. The van der Waals surface area contributed by atoms with Gasteiger partial charge >= 0.3 is 0 Å². The van der Waals surface area contributed by atoms with Crippen LogP contribution in [0.3, 0.4) is 0 Å². The van der Waals surface area contributed by atoms with Crippen molar-refractivity contribution in [3.05, 3.63) is 53.1 Å². The third kappa shape index (κ3) is 3.02. The molecule has 2 aliphatic heterocycles. The van der Waals surface area contributed by atoms with E-state index >= 15 is 0 Å². The summed E-state index contributed by atoms with van der Waals surface area (Å²) in [5.74, 6) is 1.95. The van der Waals surface area contributed by atoms with E-state index in [-0.39, 0.29) is 6.04 Å². The van der Waals surface area contributed by atoms with Gasteiger partial charge in [-0.1, -0.05) is 18.2 Å². The fourth-order valence-electron chi connectivity index (χ4n) is 3.20. The first kappa shape index (κ1) is 14.5. The first-order valence-electron chi connectivity index (χ1n) is 8.04. The molecule has 0 saturated carbocycles. The molecule has 1 atom stereocenters. The minimum Gasteiger partial charge on any atom is -0.489 e. The van der Waals surface area contributed by atoms with Crippen LogP contribution in [0.2, 0.25) is 0 Å². The molecule has 2 aromatic rings. The van der Waals surface area contributed by atoms with Gasteiger partial charge in [-0.05, 0) is 24.6 Å². The number of benzene rings is 1. The normalized spacial score (nSPS) is 21.4. The Hall–Kier alpha value is -2.11. The molecule has 5 heteroatoms. The molecule has 120 valence electrons. The SMILES string of the molecule is Cc1cnc([C@H]2COCCN2CC2=Cc3ccccc3OC2)[nH]1. The van der Waals surface area contributed by atoms with Crippen molar-refractivity contribution in [3.63, 3.8) is 0 Å². The molecule has 0 unspecified atom stereocenters. The molecule has 0 bridgehead atoms. The van der Waals surface area contributed by atoms with Gasteiger partial charge in [-0.15, -0.1) is 0 Å². The van der Waals surface area contributed by atoms with E-state index in [2.05, 4.69) is 27.0 Å². The zero-order chi connectivity index (χ0) is 15.6. The van der Waals surface area contributed by atoms with Crippen molar-refractivity contribution in [2.75, 3.05) is 32.9 Å². The third-order valence-electron chi connectivity index (χ3n) is 4.38. The predicted octanol–water partition coefficient (Wildman–Crippen LogP) is 2.57. The minimum atomic E-state index is 0.176. The van der Waals surface area contributed by atoms with Crippen molar-refractivity contribution in [1.82, 2.24) is 14.9 Å². The smallest absolute Gasteiger partial charge is 0.127 e. The largest absolute Gasteiger partial charge is 0.489 e. The highest BCUT2D eigenvalue weighted by Crippen LogP contribution is 2.28. The van der Waals surface area contributed by atoms with E-state index < -0.39 is 0 Å². The van der Waals surface area contributed by atoms with Crippen LogP contribution in [-0.2, 0) is 4.74 Å². The van der Waals surface area contributed by atoms with E-state index in [1.165, 1.54) is 5.57 Å². The molecule has 1 fully saturated rings. The quantitative estimate of drug-likeness (QED) is 0.946. The van der Waals surface area contributed by atoms with Crippen molar-refractivity contribution in [2.24, 2.45) is 0 Å². The van der Waals surface area contributed by atoms with Crippen LogP contribution in [-0.4, -0.2) is 47.8 Å². The van der Waals surface area contributed by atoms with E-state index in [9.17, 15) is 0 Å². The standard InChI is InChI=1S/C18H21N3O2/c1-13-9-19-18(20-13)16-12-22-7-6-21(16)10-14-8-15-4-2-3-5-17(15)23-11-14/h2-5,8-9,16H,6-7,10-12H2,1H3,(H,19,20)/t16-/m1/s1. The van der Waals surface area contributed by atoms with Crippen LogP contribution in [0.4, 0.5) is 0 Å². The lowest BCUT2D eigenvalue weighted by atomic mass is 10.1. The van der Waals surface area contributed by atoms with Gasteiger partial charge in [0, 0.05) is 30.5 Å². The number of rotatable bonds is 3. The van der Waals surface area contributed by atoms with Gasteiger partial charge in [0.25, 0.3) is 0 Å². The Labute approximate surface area is 135 Å². The summed E-state index contributed by atoms with van der Waals surface area (Å²) in [5.41, 5.74) is 3.53. The number of hydrogen-bond donors (Lipinski definition) is 1. The second kappa shape index (κ2) is 6.18. The summed E-state index contributed by atoms with van der Waals surface area (Å²) in [5, 5.41) is 0. The van der Waals surface area contributed by atoms with E-state index in [1.807, 2.05) is 31.3 Å². The molecule has 0 radical (unpaired) electrons. The van der Waals surface area contributed by atoms with Crippen molar-refractivity contribution in [1.29, 1.82) is 0 Å². The van der Waals surface area contributed by atoms with Crippen molar-refractivity contribution in [2.45, 2.75) is 13.0 Å².